The summed E-state index contributed by atoms with van der Waals surface area (Å²) in [6, 6.07) is 8.81. The van der Waals surface area contributed by atoms with Gasteiger partial charge in [-0.05, 0) is 25.3 Å². The van der Waals surface area contributed by atoms with Crippen molar-refractivity contribution >= 4 is 27.3 Å². The van der Waals surface area contributed by atoms with Crippen molar-refractivity contribution in [1.82, 2.24) is 24.8 Å². The highest BCUT2D eigenvalue weighted by atomic mass is 32.2. The average Bonchev–Trinajstić information content (AvgIpc) is 3.36. The molecule has 0 saturated carbocycles. The van der Waals surface area contributed by atoms with E-state index in [1.54, 1.807) is 18.4 Å². The van der Waals surface area contributed by atoms with Crippen LogP contribution in [0, 0.1) is 6.92 Å². The van der Waals surface area contributed by atoms with Crippen molar-refractivity contribution in [1.29, 1.82) is 0 Å². The maximum absolute atomic E-state index is 12.8. The molecule has 0 aliphatic carbocycles. The molecule has 0 aliphatic heterocycles. The van der Waals surface area contributed by atoms with E-state index in [0.717, 1.165) is 40.4 Å². The number of hydrogen-bond acceptors (Lipinski definition) is 6. The van der Waals surface area contributed by atoms with Crippen LogP contribution >= 0.6 is 11.3 Å². The van der Waals surface area contributed by atoms with Crippen LogP contribution in [-0.4, -0.2) is 35.6 Å². The molecule has 172 valence electrons. The first kappa shape index (κ1) is 24.1. The molecular formula is C22H29N5O3S2. The monoisotopic (exact) mass is 475 g/mol. The van der Waals surface area contributed by atoms with Gasteiger partial charge >= 0.3 is 0 Å². The van der Waals surface area contributed by atoms with E-state index in [-0.39, 0.29) is 23.8 Å². The van der Waals surface area contributed by atoms with Gasteiger partial charge in [-0.1, -0.05) is 43.7 Å². The topological polar surface area (TPSA) is 106 Å². The molecule has 0 fully saturated rings. The summed E-state index contributed by atoms with van der Waals surface area (Å²) in [5.74, 6) is -0.173. The second-order valence-corrected chi connectivity index (χ2v) is 10.6. The van der Waals surface area contributed by atoms with Gasteiger partial charge in [0, 0.05) is 24.7 Å². The van der Waals surface area contributed by atoms with Gasteiger partial charge in [-0.25, -0.2) is 18.1 Å². The predicted octanol–water partition coefficient (Wildman–Crippen LogP) is 2.91. The summed E-state index contributed by atoms with van der Waals surface area (Å²) in [5, 5.41) is 7.95. The first-order valence-corrected chi connectivity index (χ1v) is 12.9. The number of thiazole rings is 1. The van der Waals surface area contributed by atoms with E-state index < -0.39 is 16.1 Å². The third-order valence-corrected chi connectivity index (χ3v) is 7.60. The van der Waals surface area contributed by atoms with Crippen molar-refractivity contribution in [3.8, 4) is 0 Å². The Hall–Kier alpha value is -2.56. The van der Waals surface area contributed by atoms with Gasteiger partial charge in [-0.3, -0.25) is 9.48 Å². The van der Waals surface area contributed by atoms with Crippen LogP contribution in [0.4, 0.5) is 0 Å². The van der Waals surface area contributed by atoms with Gasteiger partial charge in [0.15, 0.2) is 0 Å². The van der Waals surface area contributed by atoms with Crippen molar-refractivity contribution in [2.75, 3.05) is 6.54 Å². The Morgan fingerprint density at radius 1 is 1.25 bits per heavy atom. The Balaban J connectivity index is 1.70. The lowest BCUT2D eigenvalue weighted by Gasteiger charge is -2.20. The third kappa shape index (κ3) is 6.47. The SMILES string of the molecule is CCCCc1nc(C)c(CC(=O)NC(CNS(=O)(=O)c2cnn(C)c2)c2ccccc2)s1. The second-order valence-electron chi connectivity index (χ2n) is 7.63. The molecule has 3 aromatic rings. The molecule has 10 heteroatoms. The Kier molecular flexibility index (Phi) is 8.16. The Morgan fingerprint density at radius 3 is 2.66 bits per heavy atom. The zero-order valence-electron chi connectivity index (χ0n) is 18.5. The lowest BCUT2D eigenvalue weighted by molar-refractivity contribution is -0.121. The fraction of sp³-hybridized carbons (Fsp3) is 0.409. The molecule has 1 atom stereocenters. The summed E-state index contributed by atoms with van der Waals surface area (Å²) in [4.78, 5) is 18.5. The zero-order chi connectivity index (χ0) is 23.1. The lowest BCUT2D eigenvalue weighted by atomic mass is 10.1. The third-order valence-electron chi connectivity index (χ3n) is 5.01. The zero-order valence-corrected chi connectivity index (χ0v) is 20.2. The maximum Gasteiger partial charge on any atom is 0.243 e. The molecule has 0 saturated heterocycles. The summed E-state index contributed by atoms with van der Waals surface area (Å²) in [6.45, 7) is 4.09. The molecule has 1 amide bonds. The fourth-order valence-corrected chi connectivity index (χ4v) is 5.37. The lowest BCUT2D eigenvalue weighted by Crippen LogP contribution is -2.38. The standard InChI is InChI=1S/C22H29N5O3S2/c1-4-5-11-22-25-16(2)20(31-22)12-21(28)26-19(17-9-7-6-8-10-17)14-24-32(29,30)18-13-23-27(3)15-18/h6-10,13,15,19,24H,4-5,11-12,14H2,1-3H3,(H,26,28). The normalized spacial score (nSPS) is 12.6. The summed E-state index contributed by atoms with van der Waals surface area (Å²) < 4.78 is 29.2. The van der Waals surface area contributed by atoms with E-state index in [9.17, 15) is 13.2 Å². The number of carbonyl (C=O) groups excluding carboxylic acids is 1. The van der Waals surface area contributed by atoms with Gasteiger partial charge < -0.3 is 5.32 Å². The second kappa shape index (κ2) is 10.8. The van der Waals surface area contributed by atoms with Gasteiger partial charge in [-0.2, -0.15) is 5.10 Å². The predicted molar refractivity (Wildman–Crippen MR) is 125 cm³/mol. The molecule has 2 aromatic heterocycles. The van der Waals surface area contributed by atoms with Crippen molar-refractivity contribution in [2.45, 2.75) is 50.5 Å². The minimum Gasteiger partial charge on any atom is -0.348 e. The molecule has 0 radical (unpaired) electrons. The van der Waals surface area contributed by atoms with Gasteiger partial charge in [0.2, 0.25) is 15.9 Å². The molecule has 8 nitrogen and oxygen atoms in total. The first-order chi connectivity index (χ1) is 15.3. The summed E-state index contributed by atoms with van der Waals surface area (Å²) in [6.07, 6.45) is 6.04. The molecule has 3 rings (SSSR count). The van der Waals surface area contributed by atoms with Crippen molar-refractivity contribution in [2.24, 2.45) is 7.05 Å². The highest BCUT2D eigenvalue weighted by Gasteiger charge is 2.21. The van der Waals surface area contributed by atoms with Crippen LogP contribution in [-0.2, 0) is 34.7 Å². The number of unbranched alkanes of at least 4 members (excludes halogenated alkanes) is 1. The van der Waals surface area contributed by atoms with Crippen LogP contribution in [0.3, 0.4) is 0 Å². The van der Waals surface area contributed by atoms with Crippen molar-refractivity contribution in [3.05, 3.63) is 63.9 Å². The van der Waals surface area contributed by atoms with Gasteiger partial charge in [0.05, 0.1) is 29.4 Å². The molecule has 2 N–H and O–H groups in total. The molecule has 1 aromatic carbocycles. The quantitative estimate of drug-likeness (QED) is 0.444. The molecule has 0 aliphatic rings. The average molecular weight is 476 g/mol. The van der Waals surface area contributed by atoms with Crippen LogP contribution in [0.25, 0.3) is 0 Å². The fourth-order valence-electron chi connectivity index (χ4n) is 3.23. The van der Waals surface area contributed by atoms with Crippen LogP contribution < -0.4 is 10.0 Å². The van der Waals surface area contributed by atoms with Crippen molar-refractivity contribution in [3.63, 3.8) is 0 Å². The maximum atomic E-state index is 12.8. The summed E-state index contributed by atoms with van der Waals surface area (Å²) in [7, 11) is -2.09. The Bertz CT molecular complexity index is 1140. The number of sulfonamides is 1. The van der Waals surface area contributed by atoms with Gasteiger partial charge in [-0.15, -0.1) is 11.3 Å². The number of rotatable bonds is 11. The van der Waals surface area contributed by atoms with E-state index in [1.165, 1.54) is 17.1 Å². The number of nitrogens with zero attached hydrogens (tertiary/aromatic N) is 3. The molecule has 32 heavy (non-hydrogen) atoms. The number of carbonyl (C=O) groups is 1. The van der Waals surface area contributed by atoms with E-state index in [0.29, 0.717) is 0 Å². The largest absolute Gasteiger partial charge is 0.348 e. The molecular weight excluding hydrogens is 446 g/mol. The minimum absolute atomic E-state index is 0.0242. The van der Waals surface area contributed by atoms with E-state index in [1.807, 2.05) is 37.3 Å². The first-order valence-electron chi connectivity index (χ1n) is 10.6. The van der Waals surface area contributed by atoms with Crippen LogP contribution in [0.1, 0.15) is 46.9 Å². The van der Waals surface area contributed by atoms with E-state index >= 15 is 0 Å². The molecule has 0 bridgehead atoms. The highest BCUT2D eigenvalue weighted by molar-refractivity contribution is 7.89. The van der Waals surface area contributed by atoms with E-state index in [2.05, 4.69) is 27.0 Å². The number of hydrogen-bond donors (Lipinski definition) is 2. The van der Waals surface area contributed by atoms with Gasteiger partial charge in [0.25, 0.3) is 0 Å². The van der Waals surface area contributed by atoms with E-state index in [4.69, 9.17) is 0 Å². The molecule has 0 spiro atoms. The van der Waals surface area contributed by atoms with Crippen LogP contribution in [0.2, 0.25) is 0 Å². The number of benzene rings is 1. The molecule has 1 unspecified atom stereocenters. The van der Waals surface area contributed by atoms with Crippen LogP contribution in [0.15, 0.2) is 47.6 Å². The van der Waals surface area contributed by atoms with Gasteiger partial charge in [0.1, 0.15) is 4.90 Å². The summed E-state index contributed by atoms with van der Waals surface area (Å²) >= 11 is 1.58. The number of aromatic nitrogens is 3. The minimum atomic E-state index is -3.74. The van der Waals surface area contributed by atoms with Crippen molar-refractivity contribution < 1.29 is 13.2 Å². The smallest absolute Gasteiger partial charge is 0.243 e. The number of amides is 1. The van der Waals surface area contributed by atoms with Crippen LogP contribution in [0.5, 0.6) is 0 Å². The Labute approximate surface area is 193 Å². The molecule has 2 heterocycles. The number of nitrogens with one attached hydrogen (secondary N) is 2. The Morgan fingerprint density at radius 2 is 2.00 bits per heavy atom. The highest BCUT2D eigenvalue weighted by Crippen LogP contribution is 2.21. The summed E-state index contributed by atoms with van der Waals surface area (Å²) in [5.41, 5.74) is 1.70. The number of aryl methyl sites for hydroxylation is 3.